The number of nitrogens with one attached hydrogen (secondary N) is 2. The van der Waals surface area contributed by atoms with Crippen LogP contribution in [0.5, 0.6) is 0 Å². The highest BCUT2D eigenvalue weighted by atomic mass is 32.1. The van der Waals surface area contributed by atoms with Crippen LogP contribution in [-0.4, -0.2) is 36.9 Å². The number of hydrogen-bond acceptors (Lipinski definition) is 4. The Kier molecular flexibility index (Phi) is 5.44. The number of carboxylic acid groups (broad SMARTS) is 1. The number of hydrogen-bond donors (Lipinski definition) is 3. The number of urea groups is 1. The second-order valence-electron chi connectivity index (χ2n) is 3.26. The number of carbonyl (C=O) groups is 2. The van der Waals surface area contributed by atoms with E-state index >= 15 is 0 Å². The third-order valence-corrected chi connectivity index (χ3v) is 2.77. The maximum Gasteiger partial charge on any atom is 0.334 e. The molecule has 0 saturated carbocycles. The Morgan fingerprint density at radius 1 is 1.53 bits per heavy atom. The lowest BCUT2D eigenvalue weighted by Crippen LogP contribution is -2.42. The normalized spacial score (nSPS) is 11.8. The summed E-state index contributed by atoms with van der Waals surface area (Å²) in [6.07, 6.45) is -1.03. The van der Waals surface area contributed by atoms with Crippen LogP contribution in [-0.2, 0) is 16.1 Å². The summed E-state index contributed by atoms with van der Waals surface area (Å²) in [6, 6.07) is 1.49. The molecular weight excluding hydrogens is 244 g/mol. The molecule has 1 aromatic rings. The van der Waals surface area contributed by atoms with Crippen molar-refractivity contribution in [2.24, 2.45) is 0 Å². The van der Waals surface area contributed by atoms with E-state index in [1.54, 1.807) is 11.3 Å². The highest BCUT2D eigenvalue weighted by Crippen LogP contribution is 2.04. The van der Waals surface area contributed by atoms with E-state index in [4.69, 9.17) is 5.11 Å². The lowest BCUT2D eigenvalue weighted by molar-refractivity contribution is -0.147. The third kappa shape index (κ3) is 4.83. The van der Waals surface area contributed by atoms with Gasteiger partial charge in [-0.05, 0) is 22.4 Å². The van der Waals surface area contributed by atoms with Gasteiger partial charge in [-0.15, -0.1) is 0 Å². The molecule has 0 aromatic carbocycles. The van der Waals surface area contributed by atoms with Crippen LogP contribution in [0.2, 0.25) is 0 Å². The molecule has 7 heteroatoms. The van der Waals surface area contributed by atoms with Gasteiger partial charge in [0, 0.05) is 13.7 Å². The van der Waals surface area contributed by atoms with Crippen molar-refractivity contribution in [1.29, 1.82) is 0 Å². The number of thiophene rings is 1. The van der Waals surface area contributed by atoms with E-state index in [-0.39, 0.29) is 6.54 Å². The molecule has 6 nitrogen and oxygen atoms in total. The summed E-state index contributed by atoms with van der Waals surface area (Å²) in [6.45, 7) is 0.349. The molecule has 0 radical (unpaired) electrons. The second-order valence-corrected chi connectivity index (χ2v) is 4.04. The van der Waals surface area contributed by atoms with Crippen molar-refractivity contribution in [3.63, 3.8) is 0 Å². The molecule has 0 bridgehead atoms. The smallest absolute Gasteiger partial charge is 0.334 e. The van der Waals surface area contributed by atoms with Gasteiger partial charge in [-0.2, -0.15) is 11.3 Å². The number of methoxy groups -OCH3 is 1. The van der Waals surface area contributed by atoms with Crippen molar-refractivity contribution in [1.82, 2.24) is 10.6 Å². The van der Waals surface area contributed by atoms with Crippen LogP contribution in [0.1, 0.15) is 5.56 Å². The topological polar surface area (TPSA) is 87.7 Å². The number of aliphatic carboxylic acids is 1. The first kappa shape index (κ1) is 13.5. The highest BCUT2D eigenvalue weighted by Gasteiger charge is 2.16. The Morgan fingerprint density at radius 2 is 2.29 bits per heavy atom. The van der Waals surface area contributed by atoms with Crippen molar-refractivity contribution in [3.8, 4) is 0 Å². The molecule has 3 N–H and O–H groups in total. The number of rotatable bonds is 6. The molecule has 17 heavy (non-hydrogen) atoms. The molecule has 0 saturated heterocycles. The molecule has 0 fully saturated rings. The zero-order chi connectivity index (χ0) is 12.7. The molecule has 1 rings (SSSR count). The maximum absolute atomic E-state index is 11.3. The summed E-state index contributed by atoms with van der Waals surface area (Å²) >= 11 is 1.55. The SMILES string of the molecule is COC(CNC(=O)NCc1ccsc1)C(=O)O. The second kappa shape index (κ2) is 6.87. The van der Waals surface area contributed by atoms with Gasteiger partial charge in [0.1, 0.15) is 0 Å². The molecule has 2 amide bonds. The average molecular weight is 258 g/mol. The third-order valence-electron chi connectivity index (χ3n) is 2.04. The standard InChI is InChI=1S/C10H14N2O4S/c1-16-8(9(13)14)5-12-10(15)11-4-7-2-3-17-6-7/h2-3,6,8H,4-5H2,1H3,(H,13,14)(H2,11,12,15). The van der Waals surface area contributed by atoms with Gasteiger partial charge in [0.15, 0.2) is 6.10 Å². The summed E-state index contributed by atoms with van der Waals surface area (Å²) in [5, 5.41) is 17.6. The molecule has 1 atom stereocenters. The maximum atomic E-state index is 11.3. The first-order valence-corrected chi connectivity index (χ1v) is 5.86. The fraction of sp³-hybridized carbons (Fsp3) is 0.400. The number of amides is 2. The van der Waals surface area contributed by atoms with Crippen molar-refractivity contribution >= 4 is 23.3 Å². The fourth-order valence-corrected chi connectivity index (χ4v) is 1.76. The molecule has 0 aliphatic carbocycles. The van der Waals surface area contributed by atoms with Crippen LogP contribution in [0.3, 0.4) is 0 Å². The first-order chi connectivity index (χ1) is 8.13. The van der Waals surface area contributed by atoms with Crippen molar-refractivity contribution in [2.45, 2.75) is 12.6 Å². The number of carboxylic acids is 1. The molecular formula is C10H14N2O4S. The van der Waals surface area contributed by atoms with Gasteiger partial charge in [0.25, 0.3) is 0 Å². The van der Waals surface area contributed by atoms with Crippen LogP contribution < -0.4 is 10.6 Å². The van der Waals surface area contributed by atoms with Gasteiger partial charge in [-0.25, -0.2) is 9.59 Å². The minimum atomic E-state index is -1.11. The van der Waals surface area contributed by atoms with Crippen LogP contribution in [0.4, 0.5) is 4.79 Å². The van der Waals surface area contributed by atoms with E-state index < -0.39 is 18.1 Å². The van der Waals surface area contributed by atoms with E-state index in [1.807, 2.05) is 16.8 Å². The van der Waals surface area contributed by atoms with Crippen molar-refractivity contribution < 1.29 is 19.4 Å². The summed E-state index contributed by atoms with van der Waals surface area (Å²) in [5.74, 6) is -1.11. The summed E-state index contributed by atoms with van der Waals surface area (Å²) in [5.41, 5.74) is 1.01. The Balaban J connectivity index is 2.23. The van der Waals surface area contributed by atoms with Gasteiger partial charge in [-0.3, -0.25) is 0 Å². The minimum absolute atomic E-state index is 0.0682. The zero-order valence-electron chi connectivity index (χ0n) is 9.30. The first-order valence-electron chi connectivity index (χ1n) is 4.92. The molecule has 1 unspecified atom stereocenters. The van der Waals surface area contributed by atoms with E-state index in [1.165, 1.54) is 7.11 Å². The average Bonchev–Trinajstić information content (AvgIpc) is 2.79. The van der Waals surface area contributed by atoms with Gasteiger partial charge >= 0.3 is 12.0 Å². The lowest BCUT2D eigenvalue weighted by atomic mass is 10.3. The van der Waals surface area contributed by atoms with Gasteiger partial charge in [0.2, 0.25) is 0 Å². The molecule has 1 heterocycles. The molecule has 0 spiro atoms. The Hall–Kier alpha value is -1.60. The zero-order valence-corrected chi connectivity index (χ0v) is 10.1. The summed E-state index contributed by atoms with van der Waals surface area (Å²) < 4.78 is 4.67. The van der Waals surface area contributed by atoms with E-state index in [0.29, 0.717) is 6.54 Å². The number of carbonyl (C=O) groups excluding carboxylic acids is 1. The van der Waals surface area contributed by atoms with Crippen LogP contribution in [0.25, 0.3) is 0 Å². The van der Waals surface area contributed by atoms with Gasteiger partial charge in [-0.1, -0.05) is 0 Å². The lowest BCUT2D eigenvalue weighted by Gasteiger charge is -2.11. The molecule has 1 aromatic heterocycles. The van der Waals surface area contributed by atoms with Gasteiger partial charge in [0.05, 0.1) is 6.54 Å². The van der Waals surface area contributed by atoms with E-state index in [2.05, 4.69) is 15.4 Å². The Bertz CT molecular complexity index is 366. The van der Waals surface area contributed by atoms with Gasteiger partial charge < -0.3 is 20.5 Å². The summed E-state index contributed by atoms with van der Waals surface area (Å²) in [7, 11) is 1.28. The van der Waals surface area contributed by atoms with Crippen molar-refractivity contribution in [3.05, 3.63) is 22.4 Å². The summed E-state index contributed by atoms with van der Waals surface area (Å²) in [4.78, 5) is 21.9. The van der Waals surface area contributed by atoms with E-state index in [0.717, 1.165) is 5.56 Å². The Labute approximate surface area is 103 Å². The van der Waals surface area contributed by atoms with Crippen molar-refractivity contribution in [2.75, 3.05) is 13.7 Å². The largest absolute Gasteiger partial charge is 0.479 e. The molecule has 0 aliphatic rings. The van der Waals surface area contributed by atoms with Crippen LogP contribution in [0, 0.1) is 0 Å². The van der Waals surface area contributed by atoms with Crippen LogP contribution in [0.15, 0.2) is 16.8 Å². The minimum Gasteiger partial charge on any atom is -0.479 e. The number of ether oxygens (including phenoxy) is 1. The predicted molar refractivity (Wildman–Crippen MR) is 63.0 cm³/mol. The van der Waals surface area contributed by atoms with Crippen LogP contribution >= 0.6 is 11.3 Å². The predicted octanol–water partition coefficient (Wildman–Crippen LogP) is 0.647. The monoisotopic (exact) mass is 258 g/mol. The quantitative estimate of drug-likeness (QED) is 0.699. The fourth-order valence-electron chi connectivity index (χ4n) is 1.09. The molecule has 0 aliphatic heterocycles. The highest BCUT2D eigenvalue weighted by molar-refractivity contribution is 7.07. The Morgan fingerprint density at radius 3 is 2.82 bits per heavy atom. The van der Waals surface area contributed by atoms with E-state index in [9.17, 15) is 9.59 Å². The molecule has 94 valence electrons.